The van der Waals surface area contributed by atoms with Gasteiger partial charge in [-0.1, -0.05) is 61.5 Å². The van der Waals surface area contributed by atoms with Crippen LogP contribution >= 0.6 is 0 Å². The summed E-state index contributed by atoms with van der Waals surface area (Å²) in [5.41, 5.74) is 8.33. The fourth-order valence-electron chi connectivity index (χ4n) is 2.54. The first-order valence-electron chi connectivity index (χ1n) is 8.32. The Morgan fingerprint density at radius 3 is 2.46 bits per heavy atom. The monoisotopic (exact) mass is 325 g/mol. The summed E-state index contributed by atoms with van der Waals surface area (Å²) in [6, 6.07) is 17.7. The van der Waals surface area contributed by atoms with Gasteiger partial charge in [0.2, 0.25) is 5.91 Å². The number of amides is 1. The molecule has 3 N–H and O–H groups in total. The van der Waals surface area contributed by atoms with E-state index in [0.717, 1.165) is 24.2 Å². The van der Waals surface area contributed by atoms with Gasteiger partial charge in [0.1, 0.15) is 5.54 Å². The normalized spacial score (nSPS) is 13.5. The zero-order valence-electron chi connectivity index (χ0n) is 14.8. The molecule has 0 saturated heterocycles. The first kappa shape index (κ1) is 18.2. The van der Waals surface area contributed by atoms with Crippen LogP contribution in [0.5, 0.6) is 0 Å². The predicted molar refractivity (Wildman–Crippen MR) is 98.3 cm³/mol. The van der Waals surface area contributed by atoms with Crippen LogP contribution in [0.1, 0.15) is 30.5 Å². The van der Waals surface area contributed by atoms with Crippen molar-refractivity contribution in [1.82, 2.24) is 10.2 Å². The molecule has 1 unspecified atom stereocenters. The number of carbonyl (C=O) groups excluding carboxylic acids is 1. The second-order valence-corrected chi connectivity index (χ2v) is 6.40. The Morgan fingerprint density at radius 2 is 1.79 bits per heavy atom. The summed E-state index contributed by atoms with van der Waals surface area (Å²) in [5.74, 6) is -0.176. The molecule has 0 heterocycles. The van der Waals surface area contributed by atoms with Gasteiger partial charge in [-0.05, 0) is 37.2 Å². The summed E-state index contributed by atoms with van der Waals surface area (Å²) >= 11 is 0. The number of hydrogen-bond acceptors (Lipinski definition) is 3. The number of benzene rings is 2. The van der Waals surface area contributed by atoms with Crippen LogP contribution in [0.3, 0.4) is 0 Å². The third-order valence-electron chi connectivity index (χ3n) is 4.28. The number of hydrogen-bond donors (Lipinski definition) is 2. The van der Waals surface area contributed by atoms with Gasteiger partial charge in [0.05, 0.1) is 0 Å². The summed E-state index contributed by atoms with van der Waals surface area (Å²) in [7, 11) is 2.09. The molecule has 1 atom stereocenters. The number of rotatable bonds is 7. The topological polar surface area (TPSA) is 58.4 Å². The van der Waals surface area contributed by atoms with Crippen molar-refractivity contribution in [3.05, 3.63) is 71.3 Å². The van der Waals surface area contributed by atoms with E-state index in [4.69, 9.17) is 5.73 Å². The highest BCUT2D eigenvalue weighted by Crippen LogP contribution is 2.17. The van der Waals surface area contributed by atoms with E-state index in [0.29, 0.717) is 6.54 Å². The molecule has 0 aliphatic rings. The van der Waals surface area contributed by atoms with Crippen LogP contribution in [-0.4, -0.2) is 24.4 Å². The molecule has 0 spiro atoms. The largest absolute Gasteiger partial charge is 0.350 e. The van der Waals surface area contributed by atoms with Crippen molar-refractivity contribution in [3.8, 4) is 0 Å². The van der Waals surface area contributed by atoms with Gasteiger partial charge in [-0.15, -0.1) is 0 Å². The number of nitrogens with one attached hydrogen (secondary N) is 1. The van der Waals surface area contributed by atoms with Gasteiger partial charge in [-0.3, -0.25) is 4.79 Å². The van der Waals surface area contributed by atoms with Crippen LogP contribution in [0, 0.1) is 0 Å². The zero-order chi connectivity index (χ0) is 17.6. The SMILES string of the molecule is CCN(C)Cc1cccc(CNC(=O)C(C)(N)c2ccccc2)c1. The van der Waals surface area contributed by atoms with Crippen molar-refractivity contribution in [2.75, 3.05) is 13.6 Å². The molecule has 0 saturated carbocycles. The molecule has 0 radical (unpaired) electrons. The predicted octanol–water partition coefficient (Wildman–Crippen LogP) is 2.63. The third-order valence-corrected chi connectivity index (χ3v) is 4.28. The molecule has 2 aromatic rings. The molecule has 4 nitrogen and oxygen atoms in total. The maximum Gasteiger partial charge on any atom is 0.244 e. The minimum absolute atomic E-state index is 0.176. The number of nitrogens with two attached hydrogens (primary N) is 1. The third kappa shape index (κ3) is 4.66. The van der Waals surface area contributed by atoms with Crippen molar-refractivity contribution in [1.29, 1.82) is 0 Å². The summed E-state index contributed by atoms with van der Waals surface area (Å²) in [5, 5.41) is 2.95. The van der Waals surface area contributed by atoms with E-state index in [1.807, 2.05) is 42.5 Å². The number of nitrogens with zero attached hydrogens (tertiary/aromatic N) is 1. The average molecular weight is 325 g/mol. The van der Waals surface area contributed by atoms with E-state index in [1.165, 1.54) is 5.56 Å². The molecule has 0 aliphatic heterocycles. The van der Waals surface area contributed by atoms with Crippen molar-refractivity contribution in [2.45, 2.75) is 32.5 Å². The summed E-state index contributed by atoms with van der Waals surface area (Å²) < 4.78 is 0. The lowest BCUT2D eigenvalue weighted by Crippen LogP contribution is -2.48. The second kappa shape index (κ2) is 8.08. The highest BCUT2D eigenvalue weighted by atomic mass is 16.2. The van der Waals surface area contributed by atoms with Gasteiger partial charge in [-0.25, -0.2) is 0 Å². The number of carbonyl (C=O) groups is 1. The molecule has 0 bridgehead atoms. The Morgan fingerprint density at radius 1 is 1.12 bits per heavy atom. The standard InChI is InChI=1S/C20H27N3O/c1-4-23(3)15-17-10-8-9-16(13-17)14-22-19(24)20(2,21)18-11-6-5-7-12-18/h5-13H,4,14-15,21H2,1-3H3,(H,22,24). The van der Waals surface area contributed by atoms with Crippen LogP contribution in [0.15, 0.2) is 54.6 Å². The average Bonchev–Trinajstić information content (AvgIpc) is 2.60. The Balaban J connectivity index is 2.00. The highest BCUT2D eigenvalue weighted by Gasteiger charge is 2.29. The van der Waals surface area contributed by atoms with E-state index in [9.17, 15) is 4.79 Å². The Bertz CT molecular complexity index is 668. The molecule has 2 rings (SSSR count). The first-order chi connectivity index (χ1) is 11.4. The van der Waals surface area contributed by atoms with Gasteiger partial charge in [0.15, 0.2) is 0 Å². The quantitative estimate of drug-likeness (QED) is 0.823. The van der Waals surface area contributed by atoms with Crippen molar-refractivity contribution in [3.63, 3.8) is 0 Å². The van der Waals surface area contributed by atoms with Crippen LogP contribution in [0.25, 0.3) is 0 Å². The molecular formula is C20H27N3O. The van der Waals surface area contributed by atoms with Crippen LogP contribution in [0.2, 0.25) is 0 Å². The summed E-state index contributed by atoms with van der Waals surface area (Å²) in [4.78, 5) is 14.7. The van der Waals surface area contributed by atoms with Crippen molar-refractivity contribution in [2.24, 2.45) is 5.73 Å². The Kier molecular flexibility index (Phi) is 6.12. The van der Waals surface area contributed by atoms with Crippen LogP contribution in [0.4, 0.5) is 0 Å². The second-order valence-electron chi connectivity index (χ2n) is 6.40. The minimum atomic E-state index is -1.04. The van der Waals surface area contributed by atoms with E-state index in [-0.39, 0.29) is 5.91 Å². The lowest BCUT2D eigenvalue weighted by atomic mass is 9.92. The van der Waals surface area contributed by atoms with E-state index < -0.39 is 5.54 Å². The summed E-state index contributed by atoms with van der Waals surface area (Å²) in [6.07, 6.45) is 0. The highest BCUT2D eigenvalue weighted by molar-refractivity contribution is 5.86. The molecule has 4 heteroatoms. The summed E-state index contributed by atoms with van der Waals surface area (Å²) in [6.45, 7) is 6.25. The molecule has 2 aromatic carbocycles. The Labute approximate surface area is 144 Å². The van der Waals surface area contributed by atoms with Crippen LogP contribution in [-0.2, 0) is 23.4 Å². The maximum atomic E-state index is 12.5. The maximum absolute atomic E-state index is 12.5. The zero-order valence-corrected chi connectivity index (χ0v) is 14.8. The smallest absolute Gasteiger partial charge is 0.244 e. The van der Waals surface area contributed by atoms with Crippen molar-refractivity contribution >= 4 is 5.91 Å². The molecule has 0 aromatic heterocycles. The fraction of sp³-hybridized carbons (Fsp3) is 0.350. The van der Waals surface area contributed by atoms with E-state index in [1.54, 1.807) is 6.92 Å². The Hall–Kier alpha value is -2.17. The van der Waals surface area contributed by atoms with E-state index in [2.05, 4.69) is 36.3 Å². The fourth-order valence-corrected chi connectivity index (χ4v) is 2.54. The molecule has 0 aliphatic carbocycles. The molecule has 24 heavy (non-hydrogen) atoms. The lowest BCUT2D eigenvalue weighted by Gasteiger charge is -2.24. The lowest BCUT2D eigenvalue weighted by molar-refractivity contribution is -0.126. The van der Waals surface area contributed by atoms with Crippen LogP contribution < -0.4 is 11.1 Å². The first-order valence-corrected chi connectivity index (χ1v) is 8.32. The minimum Gasteiger partial charge on any atom is -0.350 e. The van der Waals surface area contributed by atoms with Gasteiger partial charge in [0.25, 0.3) is 0 Å². The molecular weight excluding hydrogens is 298 g/mol. The molecule has 1 amide bonds. The van der Waals surface area contributed by atoms with E-state index >= 15 is 0 Å². The van der Waals surface area contributed by atoms with Crippen molar-refractivity contribution < 1.29 is 4.79 Å². The van der Waals surface area contributed by atoms with Gasteiger partial charge < -0.3 is 16.0 Å². The molecule has 128 valence electrons. The molecule has 0 fully saturated rings. The van der Waals surface area contributed by atoms with Gasteiger partial charge in [0, 0.05) is 13.1 Å². The van der Waals surface area contributed by atoms with Gasteiger partial charge >= 0.3 is 0 Å². The van der Waals surface area contributed by atoms with Gasteiger partial charge in [-0.2, -0.15) is 0 Å².